The van der Waals surface area contributed by atoms with E-state index in [1.165, 1.54) is 0 Å². The van der Waals surface area contributed by atoms with Crippen LogP contribution in [0.2, 0.25) is 13.1 Å². The molecule has 3 N–H and O–H groups in total. The molecule has 25 heavy (non-hydrogen) atoms. The third-order valence-electron chi connectivity index (χ3n) is 2.44. The second-order valence-electron chi connectivity index (χ2n) is 7.38. The van der Waals surface area contributed by atoms with Crippen molar-refractivity contribution in [1.82, 2.24) is 0 Å². The summed E-state index contributed by atoms with van der Waals surface area (Å²) in [5, 5.41) is 25.3. The normalized spacial score (nSPS) is 10.0. The summed E-state index contributed by atoms with van der Waals surface area (Å²) in [7, 11) is -2.48. The minimum atomic E-state index is -2.48. The van der Waals surface area contributed by atoms with E-state index in [0.717, 1.165) is 5.19 Å². The summed E-state index contributed by atoms with van der Waals surface area (Å²) in [5.74, 6) is 1.32. The average molecular weight is 542 g/mol. The van der Waals surface area contributed by atoms with E-state index in [1.54, 1.807) is 13.1 Å². The van der Waals surface area contributed by atoms with Crippen molar-refractivity contribution in [3.8, 4) is 0 Å². The van der Waals surface area contributed by atoms with E-state index in [1.807, 2.05) is 65.8 Å². The van der Waals surface area contributed by atoms with Gasteiger partial charge >= 0.3 is 0 Å². The molecule has 0 aliphatic heterocycles. The fourth-order valence-electron chi connectivity index (χ4n) is 0.770. The molecular formula is C19H40FHfO3Si-. The van der Waals surface area contributed by atoms with E-state index in [4.69, 9.17) is 15.3 Å². The Bertz CT molecular complexity index is 318. The standard InChI is InChI=1S/C7H10FSi.3C4H10O.Hf/c1-9(2,8)7-5-3-4-6-7;3*1-4(2)3-5;/h3-6H,1-2H3;3*4-5H,3H2,1-2H3;/q-1;;;;. The minimum absolute atomic E-state index is 0. The van der Waals surface area contributed by atoms with Crippen molar-refractivity contribution in [3.05, 3.63) is 24.3 Å². The molecule has 1 aromatic rings. The second kappa shape index (κ2) is 20.6. The molecule has 0 saturated heterocycles. The van der Waals surface area contributed by atoms with Crippen LogP contribution in [0.3, 0.4) is 0 Å². The first-order chi connectivity index (χ1) is 10.9. The van der Waals surface area contributed by atoms with Crippen LogP contribution in [0.4, 0.5) is 4.11 Å². The van der Waals surface area contributed by atoms with E-state index in [2.05, 4.69) is 0 Å². The van der Waals surface area contributed by atoms with Crippen LogP contribution in [-0.2, 0) is 25.8 Å². The Morgan fingerprint density at radius 2 is 0.960 bits per heavy atom. The van der Waals surface area contributed by atoms with Crippen LogP contribution in [0, 0.1) is 17.8 Å². The van der Waals surface area contributed by atoms with Crippen LogP contribution < -0.4 is 5.19 Å². The summed E-state index contributed by atoms with van der Waals surface area (Å²) < 4.78 is 13.1. The number of rotatable bonds is 4. The molecule has 0 fully saturated rings. The van der Waals surface area contributed by atoms with Crippen molar-refractivity contribution in [1.29, 1.82) is 0 Å². The molecule has 6 heteroatoms. The third-order valence-corrected chi connectivity index (χ3v) is 4.15. The Hall–Kier alpha value is 0.247. The zero-order valence-corrected chi connectivity index (χ0v) is 22.0. The number of aliphatic hydroxyl groups is 3. The molecule has 1 aromatic carbocycles. The molecule has 0 radical (unpaired) electrons. The number of hydrogen-bond donors (Lipinski definition) is 3. The topological polar surface area (TPSA) is 60.7 Å². The van der Waals surface area contributed by atoms with Crippen molar-refractivity contribution in [2.24, 2.45) is 17.8 Å². The molecule has 0 heterocycles. The maximum absolute atomic E-state index is 13.1. The van der Waals surface area contributed by atoms with E-state index in [0.29, 0.717) is 37.6 Å². The summed E-state index contributed by atoms with van der Waals surface area (Å²) in [4.78, 5) is 0. The van der Waals surface area contributed by atoms with Crippen LogP contribution >= 0.6 is 0 Å². The van der Waals surface area contributed by atoms with Gasteiger partial charge in [-0.25, -0.2) is 12.1 Å². The van der Waals surface area contributed by atoms with Crippen molar-refractivity contribution < 1.29 is 45.3 Å². The predicted octanol–water partition coefficient (Wildman–Crippen LogP) is 3.69. The molecule has 0 aliphatic carbocycles. The minimum Gasteiger partial charge on any atom is -0.396 e. The van der Waals surface area contributed by atoms with Crippen LogP contribution in [0.5, 0.6) is 0 Å². The fraction of sp³-hybridized carbons (Fsp3) is 0.737. The molecule has 0 spiro atoms. The van der Waals surface area contributed by atoms with Crippen molar-refractivity contribution in [3.63, 3.8) is 0 Å². The Labute approximate surface area is 175 Å². The second-order valence-corrected chi connectivity index (χ2v) is 10.9. The van der Waals surface area contributed by atoms with E-state index in [-0.39, 0.29) is 25.8 Å². The largest absolute Gasteiger partial charge is 0.396 e. The molecule has 3 nitrogen and oxygen atoms in total. The van der Waals surface area contributed by atoms with Gasteiger partial charge in [0.05, 0.1) is 0 Å². The Kier molecular flexibility index (Phi) is 27.0. The first-order valence-corrected chi connectivity index (χ1v) is 11.5. The predicted molar refractivity (Wildman–Crippen MR) is 106 cm³/mol. The molecular weight excluding hydrogens is 502 g/mol. The van der Waals surface area contributed by atoms with Gasteiger partial charge in [0.15, 0.2) is 0 Å². The molecule has 0 bridgehead atoms. The fourth-order valence-corrected chi connectivity index (χ4v) is 1.76. The number of hydrogen-bond acceptors (Lipinski definition) is 3. The zero-order valence-electron chi connectivity index (χ0n) is 17.4. The molecule has 0 amide bonds. The van der Waals surface area contributed by atoms with Gasteiger partial charge in [-0.05, 0) is 30.8 Å². The summed E-state index contributed by atoms with van der Waals surface area (Å²) >= 11 is 0. The maximum atomic E-state index is 13.1. The summed E-state index contributed by atoms with van der Waals surface area (Å²) in [6.07, 6.45) is 0. The van der Waals surface area contributed by atoms with Gasteiger partial charge < -0.3 is 19.4 Å². The molecule has 0 unspecified atom stereocenters. The molecule has 0 aromatic heterocycles. The molecule has 0 atom stereocenters. The van der Waals surface area contributed by atoms with Gasteiger partial charge in [-0.2, -0.15) is 12.1 Å². The van der Waals surface area contributed by atoms with Crippen molar-refractivity contribution in [2.75, 3.05) is 19.8 Å². The van der Waals surface area contributed by atoms with Crippen LogP contribution in [0.25, 0.3) is 0 Å². The number of halogens is 1. The smallest absolute Gasteiger partial charge is 0.214 e. The van der Waals surface area contributed by atoms with Gasteiger partial charge in [-0.1, -0.05) is 41.5 Å². The SMILES string of the molecule is CC(C)CO.CC(C)CO.CC(C)CO.C[Si](C)(F)[c-]1cccc1.[Hf]. The van der Waals surface area contributed by atoms with E-state index in [9.17, 15) is 4.11 Å². The quantitative estimate of drug-likeness (QED) is 0.309. The third kappa shape index (κ3) is 32.4. The van der Waals surface area contributed by atoms with E-state index < -0.39 is 8.41 Å². The molecule has 150 valence electrons. The van der Waals surface area contributed by atoms with Gasteiger partial charge in [-0.15, -0.1) is 5.19 Å². The van der Waals surface area contributed by atoms with Crippen molar-refractivity contribution in [2.45, 2.75) is 54.6 Å². The average Bonchev–Trinajstić information content (AvgIpc) is 3.03. The summed E-state index contributed by atoms with van der Waals surface area (Å²) in [6, 6.07) is 7.46. The van der Waals surface area contributed by atoms with Gasteiger partial charge in [0.2, 0.25) is 8.41 Å². The number of aliphatic hydroxyl groups excluding tert-OH is 3. The van der Waals surface area contributed by atoms with Gasteiger partial charge in [0.1, 0.15) is 0 Å². The van der Waals surface area contributed by atoms with Crippen LogP contribution in [0.1, 0.15) is 41.5 Å². The Morgan fingerprint density at radius 1 is 0.760 bits per heavy atom. The van der Waals surface area contributed by atoms with Gasteiger partial charge in [0, 0.05) is 45.7 Å². The van der Waals surface area contributed by atoms with Gasteiger partial charge in [0.25, 0.3) is 0 Å². The maximum Gasteiger partial charge on any atom is 0.214 e. The summed E-state index contributed by atoms with van der Waals surface area (Å²) in [5.41, 5.74) is 0. The van der Waals surface area contributed by atoms with Crippen LogP contribution in [0.15, 0.2) is 24.3 Å². The molecule has 0 saturated carbocycles. The summed E-state index contributed by atoms with van der Waals surface area (Å²) in [6.45, 7) is 16.1. The van der Waals surface area contributed by atoms with Gasteiger partial charge in [-0.3, -0.25) is 0 Å². The molecule has 1 rings (SSSR count). The van der Waals surface area contributed by atoms with Crippen molar-refractivity contribution >= 4 is 13.6 Å². The molecule has 0 aliphatic rings. The van der Waals surface area contributed by atoms with Crippen LogP contribution in [-0.4, -0.2) is 43.5 Å². The first-order valence-electron chi connectivity index (χ1n) is 8.65. The monoisotopic (exact) mass is 543 g/mol. The first kappa shape index (κ1) is 32.9. The zero-order chi connectivity index (χ0) is 19.8. The van der Waals surface area contributed by atoms with E-state index >= 15 is 0 Å². The Morgan fingerprint density at radius 3 is 1.04 bits per heavy atom. The Balaban J connectivity index is -0.000000122.